The number of rotatable bonds is 8. The molecule has 1 atom stereocenters. The lowest BCUT2D eigenvalue weighted by Crippen LogP contribution is -2.29. The van der Waals surface area contributed by atoms with Gasteiger partial charge >= 0.3 is 5.91 Å². The Morgan fingerprint density at radius 2 is 1.92 bits per heavy atom. The highest BCUT2D eigenvalue weighted by atomic mass is 32.1. The van der Waals surface area contributed by atoms with Crippen molar-refractivity contribution in [1.82, 2.24) is 4.98 Å². The normalized spacial score (nSPS) is 17.9. The molecule has 0 bridgehead atoms. The van der Waals surface area contributed by atoms with Crippen molar-refractivity contribution in [1.29, 1.82) is 0 Å². The van der Waals surface area contributed by atoms with Crippen molar-refractivity contribution < 1.29 is 33.7 Å². The van der Waals surface area contributed by atoms with Crippen LogP contribution in [0.15, 0.2) is 48.0 Å². The van der Waals surface area contributed by atoms with Crippen molar-refractivity contribution in [3.8, 4) is 17.2 Å². The Morgan fingerprint density at radius 3 is 2.64 bits per heavy atom. The lowest BCUT2D eigenvalue weighted by atomic mass is 9.95. The highest BCUT2D eigenvalue weighted by Crippen LogP contribution is 2.45. The van der Waals surface area contributed by atoms with E-state index in [1.807, 2.05) is 0 Å². The van der Waals surface area contributed by atoms with Gasteiger partial charge in [-0.1, -0.05) is 36.8 Å². The van der Waals surface area contributed by atoms with E-state index < -0.39 is 17.7 Å². The minimum Gasteiger partial charge on any atom is -0.507 e. The topological polar surface area (TPSA) is 115 Å². The molecule has 202 valence electrons. The Hall–Kier alpha value is -4.18. The number of ether oxygens (including phenoxy) is 3. The van der Waals surface area contributed by atoms with Crippen molar-refractivity contribution in [2.75, 3.05) is 24.7 Å². The second-order valence-corrected chi connectivity index (χ2v) is 10.2. The van der Waals surface area contributed by atoms with Crippen LogP contribution in [0.1, 0.15) is 59.2 Å². The van der Waals surface area contributed by atoms with Gasteiger partial charge in [-0.3, -0.25) is 19.3 Å². The molecule has 39 heavy (non-hydrogen) atoms. The number of unbranched alkanes of at least 4 members (excludes halogenated alkanes) is 1. The van der Waals surface area contributed by atoms with E-state index >= 15 is 0 Å². The molecule has 0 spiro atoms. The van der Waals surface area contributed by atoms with Gasteiger partial charge in [-0.2, -0.15) is 0 Å². The van der Waals surface area contributed by atoms with E-state index in [2.05, 4.69) is 11.9 Å². The standard InChI is InChI=1S/C29H28N2O7S/c1-4-5-11-36-20-8-6-7-18(14-20)24-23(25(33)19-9-10-21-22(15-19)38-13-12-37-21)26(34)28(35)31(24)29-30-16(2)27(39-29)17(3)32/h6-10,14-15,24,33H,4-5,11-13H2,1-3H3/b25-23+/t24-/m0/s1. The van der Waals surface area contributed by atoms with Crippen LogP contribution in [0.25, 0.3) is 5.76 Å². The van der Waals surface area contributed by atoms with Gasteiger partial charge in [0.05, 0.1) is 28.8 Å². The number of aliphatic hydroxyl groups excluding tert-OH is 1. The summed E-state index contributed by atoms with van der Waals surface area (Å²) in [6, 6.07) is 10.9. The Balaban J connectivity index is 1.66. The average Bonchev–Trinajstić information content (AvgIpc) is 3.45. The number of hydrogen-bond donors (Lipinski definition) is 1. The number of nitrogens with zero attached hydrogens (tertiary/aromatic N) is 2. The number of fused-ring (bicyclic) bond motifs is 1. The minimum atomic E-state index is -1.00. The van der Waals surface area contributed by atoms with Crippen LogP contribution in [0.5, 0.6) is 17.2 Å². The van der Waals surface area contributed by atoms with Gasteiger partial charge in [0, 0.05) is 12.5 Å². The molecule has 1 aromatic heterocycles. The van der Waals surface area contributed by atoms with E-state index in [1.54, 1.807) is 49.4 Å². The first-order chi connectivity index (χ1) is 18.8. The predicted octanol–water partition coefficient (Wildman–Crippen LogP) is 5.23. The van der Waals surface area contributed by atoms with Crippen molar-refractivity contribution in [3.63, 3.8) is 0 Å². The number of ketones is 2. The van der Waals surface area contributed by atoms with E-state index in [0.29, 0.717) is 58.8 Å². The third kappa shape index (κ3) is 4.99. The molecule has 0 aliphatic carbocycles. The van der Waals surface area contributed by atoms with Crippen LogP contribution >= 0.6 is 11.3 Å². The zero-order valence-corrected chi connectivity index (χ0v) is 22.7. The van der Waals surface area contributed by atoms with Crippen molar-refractivity contribution in [2.24, 2.45) is 0 Å². The summed E-state index contributed by atoms with van der Waals surface area (Å²) >= 11 is 1.04. The zero-order valence-electron chi connectivity index (χ0n) is 21.9. The summed E-state index contributed by atoms with van der Waals surface area (Å²) in [4.78, 5) is 45.3. The second-order valence-electron chi connectivity index (χ2n) is 9.27. The van der Waals surface area contributed by atoms with Gasteiger partial charge in [0.15, 0.2) is 22.4 Å². The molecule has 3 heterocycles. The lowest BCUT2D eigenvalue weighted by Gasteiger charge is -2.24. The van der Waals surface area contributed by atoms with Crippen LogP contribution in [0, 0.1) is 6.92 Å². The van der Waals surface area contributed by atoms with Gasteiger partial charge in [-0.15, -0.1) is 0 Å². The van der Waals surface area contributed by atoms with E-state index in [-0.39, 0.29) is 22.2 Å². The molecule has 0 unspecified atom stereocenters. The van der Waals surface area contributed by atoms with E-state index in [0.717, 1.165) is 24.2 Å². The molecule has 5 rings (SSSR count). The van der Waals surface area contributed by atoms with E-state index in [4.69, 9.17) is 14.2 Å². The summed E-state index contributed by atoms with van der Waals surface area (Å²) in [6.45, 7) is 6.46. The number of carbonyl (C=O) groups excluding carboxylic acids is 3. The van der Waals surface area contributed by atoms with Crippen molar-refractivity contribution >= 4 is 39.7 Å². The van der Waals surface area contributed by atoms with Crippen LogP contribution in [-0.2, 0) is 9.59 Å². The highest BCUT2D eigenvalue weighted by molar-refractivity contribution is 7.18. The van der Waals surface area contributed by atoms with Crippen LogP contribution in [0.4, 0.5) is 5.13 Å². The maximum atomic E-state index is 13.5. The monoisotopic (exact) mass is 548 g/mol. The van der Waals surface area contributed by atoms with Crippen molar-refractivity contribution in [2.45, 2.75) is 39.7 Å². The fourth-order valence-corrected chi connectivity index (χ4v) is 5.60. The number of carbonyl (C=O) groups is 3. The number of hydrogen-bond acceptors (Lipinski definition) is 9. The third-order valence-corrected chi connectivity index (χ3v) is 7.77. The van der Waals surface area contributed by atoms with E-state index in [9.17, 15) is 19.5 Å². The summed E-state index contributed by atoms with van der Waals surface area (Å²) in [5.41, 5.74) is 1.23. The molecule has 1 amide bonds. The van der Waals surface area contributed by atoms with Gasteiger partial charge in [0.2, 0.25) is 0 Å². The summed E-state index contributed by atoms with van der Waals surface area (Å²) in [6.07, 6.45) is 1.84. The summed E-state index contributed by atoms with van der Waals surface area (Å²) in [7, 11) is 0. The smallest absolute Gasteiger partial charge is 0.301 e. The summed E-state index contributed by atoms with van der Waals surface area (Å²) < 4.78 is 17.1. The Kier molecular flexibility index (Phi) is 7.38. The fourth-order valence-electron chi connectivity index (χ4n) is 4.61. The Labute approximate surface area is 229 Å². The largest absolute Gasteiger partial charge is 0.507 e. The number of Topliss-reactive ketones (excluding diaryl/α,β-unsaturated/α-hetero) is 2. The number of anilines is 1. The van der Waals surface area contributed by atoms with Crippen LogP contribution in [0.3, 0.4) is 0 Å². The van der Waals surface area contributed by atoms with Crippen LogP contribution in [0.2, 0.25) is 0 Å². The predicted molar refractivity (Wildman–Crippen MR) is 146 cm³/mol. The lowest BCUT2D eigenvalue weighted by molar-refractivity contribution is -0.132. The summed E-state index contributed by atoms with van der Waals surface area (Å²) in [5, 5.41) is 11.7. The SMILES string of the molecule is CCCCOc1cccc([C@H]2/C(=C(\O)c3ccc4c(c3)OCCO4)C(=O)C(=O)N2c2nc(C)c(C(C)=O)s2)c1. The molecule has 1 saturated heterocycles. The molecule has 0 radical (unpaired) electrons. The molecule has 2 aliphatic rings. The fraction of sp³-hybridized carbons (Fsp3) is 0.310. The molecule has 10 heteroatoms. The number of aromatic nitrogens is 1. The van der Waals surface area contributed by atoms with Gasteiger partial charge in [-0.25, -0.2) is 4.98 Å². The maximum absolute atomic E-state index is 13.5. The first-order valence-electron chi connectivity index (χ1n) is 12.7. The first-order valence-corrected chi connectivity index (χ1v) is 13.5. The number of aryl methyl sites for hydroxylation is 1. The van der Waals surface area contributed by atoms with E-state index in [1.165, 1.54) is 11.8 Å². The minimum absolute atomic E-state index is 0.0976. The van der Waals surface area contributed by atoms with Crippen molar-refractivity contribution in [3.05, 3.63) is 69.7 Å². The average molecular weight is 549 g/mol. The molecule has 2 aromatic carbocycles. The highest BCUT2D eigenvalue weighted by Gasteiger charge is 2.48. The van der Waals surface area contributed by atoms with Gasteiger partial charge in [0.25, 0.3) is 5.78 Å². The number of benzene rings is 2. The van der Waals surface area contributed by atoms with Gasteiger partial charge < -0.3 is 19.3 Å². The second kappa shape index (κ2) is 10.9. The Morgan fingerprint density at radius 1 is 1.15 bits per heavy atom. The number of thiazole rings is 1. The summed E-state index contributed by atoms with van der Waals surface area (Å²) in [5.74, 6) is -0.708. The molecule has 1 fully saturated rings. The quantitative estimate of drug-likeness (QED) is 0.134. The molecular formula is C29H28N2O7S. The molecule has 2 aliphatic heterocycles. The van der Waals surface area contributed by atoms with Gasteiger partial charge in [-0.05, 0) is 49.2 Å². The molecule has 9 nitrogen and oxygen atoms in total. The van der Waals surface area contributed by atoms with Gasteiger partial charge in [0.1, 0.15) is 24.7 Å². The first kappa shape index (κ1) is 26.4. The molecule has 0 saturated carbocycles. The molecular weight excluding hydrogens is 520 g/mol. The molecule has 3 aromatic rings. The van der Waals surface area contributed by atoms with Crippen LogP contribution in [-0.4, -0.2) is 47.4 Å². The number of amides is 1. The zero-order chi connectivity index (χ0) is 27.7. The molecule has 1 N–H and O–H groups in total. The number of aliphatic hydroxyl groups is 1. The third-order valence-electron chi connectivity index (χ3n) is 6.51. The Bertz CT molecular complexity index is 1490. The van der Waals surface area contributed by atoms with Crippen LogP contribution < -0.4 is 19.1 Å². The maximum Gasteiger partial charge on any atom is 0.301 e.